The van der Waals surface area contributed by atoms with Gasteiger partial charge in [-0.25, -0.2) is 4.98 Å². The number of hydrogen-bond donors (Lipinski definition) is 3. The number of amides is 1. The normalized spacial score (nSPS) is 20.6. The summed E-state index contributed by atoms with van der Waals surface area (Å²) in [6.45, 7) is 8.57. The van der Waals surface area contributed by atoms with Crippen LogP contribution < -0.4 is 10.6 Å². The van der Waals surface area contributed by atoms with Crippen molar-refractivity contribution in [3.8, 4) is 0 Å². The molecule has 1 fully saturated rings. The first-order valence-electron chi connectivity index (χ1n) is 9.49. The molecule has 3 N–H and O–H groups in total. The molecule has 1 aromatic heterocycles. The number of fused-ring (bicyclic) bond motifs is 1. The summed E-state index contributed by atoms with van der Waals surface area (Å²) in [5.41, 5.74) is 1.96. The van der Waals surface area contributed by atoms with Crippen molar-refractivity contribution in [3.05, 3.63) is 30.1 Å². The van der Waals surface area contributed by atoms with Gasteiger partial charge < -0.3 is 15.6 Å². The van der Waals surface area contributed by atoms with Crippen molar-refractivity contribution >= 4 is 16.9 Å². The number of carbonyl (C=O) groups excluding carboxylic acids is 1. The third-order valence-corrected chi connectivity index (χ3v) is 5.33. The van der Waals surface area contributed by atoms with Gasteiger partial charge >= 0.3 is 0 Å². The van der Waals surface area contributed by atoms with Crippen molar-refractivity contribution in [1.29, 1.82) is 0 Å². The molecule has 0 aliphatic carbocycles. The molecule has 0 bridgehead atoms. The number of rotatable bonds is 6. The average molecular weight is 342 g/mol. The van der Waals surface area contributed by atoms with E-state index < -0.39 is 0 Å². The van der Waals surface area contributed by atoms with Gasteiger partial charge in [-0.3, -0.25) is 4.79 Å². The first kappa shape index (κ1) is 17.9. The topological polar surface area (TPSA) is 69.8 Å². The highest BCUT2D eigenvalue weighted by Gasteiger charge is 2.25. The van der Waals surface area contributed by atoms with Crippen LogP contribution in [0.5, 0.6) is 0 Å². The van der Waals surface area contributed by atoms with Gasteiger partial charge in [-0.15, -0.1) is 0 Å². The number of piperidine rings is 1. The Kier molecular flexibility index (Phi) is 5.74. The molecule has 3 rings (SSSR count). The molecule has 1 aliphatic heterocycles. The highest BCUT2D eigenvalue weighted by Crippen LogP contribution is 2.25. The molecule has 5 heteroatoms. The molecule has 3 unspecified atom stereocenters. The van der Waals surface area contributed by atoms with Crippen molar-refractivity contribution in [2.45, 2.75) is 46.1 Å². The Labute approximate surface area is 150 Å². The Bertz CT molecular complexity index is 670. The number of nitrogens with zero attached hydrogens (tertiary/aromatic N) is 1. The van der Waals surface area contributed by atoms with Crippen molar-refractivity contribution in [2.24, 2.45) is 17.8 Å². The van der Waals surface area contributed by atoms with Gasteiger partial charge in [-0.1, -0.05) is 32.9 Å². The lowest BCUT2D eigenvalue weighted by Crippen LogP contribution is -2.37. The van der Waals surface area contributed by atoms with Crippen LogP contribution in [0.4, 0.5) is 0 Å². The summed E-state index contributed by atoms with van der Waals surface area (Å²) in [6.07, 6.45) is 3.01. The zero-order valence-electron chi connectivity index (χ0n) is 15.5. The van der Waals surface area contributed by atoms with Crippen LogP contribution in [-0.4, -0.2) is 29.0 Å². The number of imidazole rings is 1. The van der Waals surface area contributed by atoms with Crippen LogP contribution in [0.1, 0.15) is 51.9 Å². The molecule has 1 aromatic carbocycles. The SMILES string of the molecule is CC(C)C(NC(=O)CC(C)C1CCCNC1)c1nc2ccccc2[nH]1. The van der Waals surface area contributed by atoms with E-state index in [1.54, 1.807) is 0 Å². The summed E-state index contributed by atoms with van der Waals surface area (Å²) in [5.74, 6) is 2.24. The minimum atomic E-state index is -0.0865. The molecule has 1 saturated heterocycles. The second kappa shape index (κ2) is 8.00. The zero-order valence-corrected chi connectivity index (χ0v) is 15.5. The Hall–Kier alpha value is -1.88. The van der Waals surface area contributed by atoms with Crippen molar-refractivity contribution < 1.29 is 4.79 Å². The molecule has 0 spiro atoms. The van der Waals surface area contributed by atoms with Crippen LogP contribution in [0.15, 0.2) is 24.3 Å². The zero-order chi connectivity index (χ0) is 17.8. The summed E-state index contributed by atoms with van der Waals surface area (Å²) in [4.78, 5) is 20.7. The average Bonchev–Trinajstić information content (AvgIpc) is 3.03. The maximum absolute atomic E-state index is 12.6. The van der Waals surface area contributed by atoms with Gasteiger partial charge in [0.05, 0.1) is 17.1 Å². The molecule has 0 radical (unpaired) electrons. The van der Waals surface area contributed by atoms with Crippen molar-refractivity contribution in [3.63, 3.8) is 0 Å². The third-order valence-electron chi connectivity index (χ3n) is 5.33. The van der Waals surface area contributed by atoms with Crippen LogP contribution in [0.25, 0.3) is 11.0 Å². The number of carbonyl (C=O) groups is 1. The maximum atomic E-state index is 12.6. The van der Waals surface area contributed by atoms with Gasteiger partial charge in [0.2, 0.25) is 5.91 Å². The lowest BCUT2D eigenvalue weighted by atomic mass is 9.85. The predicted molar refractivity (Wildman–Crippen MR) is 101 cm³/mol. The summed E-state index contributed by atoms with van der Waals surface area (Å²) in [5, 5.41) is 6.65. The molecular formula is C20H30N4O. The third kappa shape index (κ3) is 4.40. The van der Waals surface area contributed by atoms with Gasteiger partial charge in [-0.2, -0.15) is 0 Å². The second-order valence-electron chi connectivity index (χ2n) is 7.72. The van der Waals surface area contributed by atoms with Gasteiger partial charge in [0.15, 0.2) is 0 Å². The molecule has 5 nitrogen and oxygen atoms in total. The standard InChI is InChI=1S/C20H30N4O/c1-13(2)19(20-22-16-8-4-5-9-17(16)23-20)24-18(25)11-14(3)15-7-6-10-21-12-15/h4-5,8-9,13-15,19,21H,6-7,10-12H2,1-3H3,(H,22,23)(H,24,25). The first-order chi connectivity index (χ1) is 12.0. The van der Waals surface area contributed by atoms with E-state index in [9.17, 15) is 4.79 Å². The lowest BCUT2D eigenvalue weighted by Gasteiger charge is -2.29. The number of nitrogens with one attached hydrogen (secondary N) is 3. The van der Waals surface area contributed by atoms with Crippen LogP contribution >= 0.6 is 0 Å². The number of hydrogen-bond acceptors (Lipinski definition) is 3. The molecule has 2 aromatic rings. The van der Waals surface area contributed by atoms with Crippen LogP contribution in [0, 0.1) is 17.8 Å². The fourth-order valence-electron chi connectivity index (χ4n) is 3.73. The van der Waals surface area contributed by atoms with Crippen molar-refractivity contribution in [1.82, 2.24) is 20.6 Å². The smallest absolute Gasteiger partial charge is 0.220 e. The predicted octanol–water partition coefficient (Wildman–Crippen LogP) is 3.40. The van der Waals surface area contributed by atoms with Gasteiger partial charge in [-0.05, 0) is 55.8 Å². The fraction of sp³-hybridized carbons (Fsp3) is 0.600. The Balaban J connectivity index is 1.65. The van der Waals surface area contributed by atoms with E-state index in [1.807, 2.05) is 24.3 Å². The monoisotopic (exact) mass is 342 g/mol. The van der Waals surface area contributed by atoms with E-state index in [0.29, 0.717) is 18.3 Å². The number of para-hydroxylation sites is 2. The van der Waals surface area contributed by atoms with Crippen LogP contribution in [-0.2, 0) is 4.79 Å². The summed E-state index contributed by atoms with van der Waals surface area (Å²) < 4.78 is 0. The maximum Gasteiger partial charge on any atom is 0.220 e. The first-order valence-corrected chi connectivity index (χ1v) is 9.49. The van der Waals surface area contributed by atoms with E-state index >= 15 is 0 Å². The van der Waals surface area contributed by atoms with Gasteiger partial charge in [0.1, 0.15) is 5.82 Å². The molecule has 1 aliphatic rings. The molecule has 0 saturated carbocycles. The Morgan fingerprint density at radius 3 is 2.80 bits per heavy atom. The second-order valence-corrected chi connectivity index (χ2v) is 7.72. The molecule has 3 atom stereocenters. The van der Waals surface area contributed by atoms with Gasteiger partial charge in [0.25, 0.3) is 0 Å². The summed E-state index contributed by atoms with van der Waals surface area (Å²) in [6, 6.07) is 7.90. The highest BCUT2D eigenvalue weighted by atomic mass is 16.1. The van der Waals surface area contributed by atoms with Gasteiger partial charge in [0, 0.05) is 6.42 Å². The van der Waals surface area contributed by atoms with E-state index in [0.717, 1.165) is 29.9 Å². The van der Waals surface area contributed by atoms with E-state index in [-0.39, 0.29) is 17.9 Å². The summed E-state index contributed by atoms with van der Waals surface area (Å²) >= 11 is 0. The quantitative estimate of drug-likeness (QED) is 0.753. The molecule has 2 heterocycles. The Morgan fingerprint density at radius 1 is 1.32 bits per heavy atom. The largest absolute Gasteiger partial charge is 0.346 e. The Morgan fingerprint density at radius 2 is 2.12 bits per heavy atom. The molecule has 136 valence electrons. The van der Waals surface area contributed by atoms with Crippen molar-refractivity contribution in [2.75, 3.05) is 13.1 Å². The highest BCUT2D eigenvalue weighted by molar-refractivity contribution is 5.77. The lowest BCUT2D eigenvalue weighted by molar-refractivity contribution is -0.123. The van der Waals surface area contributed by atoms with E-state index in [2.05, 4.69) is 41.4 Å². The summed E-state index contributed by atoms with van der Waals surface area (Å²) in [7, 11) is 0. The fourth-order valence-corrected chi connectivity index (χ4v) is 3.73. The molecular weight excluding hydrogens is 312 g/mol. The van der Waals surface area contributed by atoms with E-state index in [1.165, 1.54) is 12.8 Å². The van der Waals surface area contributed by atoms with E-state index in [4.69, 9.17) is 0 Å². The number of aromatic nitrogens is 2. The number of H-pyrrole nitrogens is 1. The molecule has 1 amide bonds. The molecule has 25 heavy (non-hydrogen) atoms. The number of aromatic amines is 1. The number of benzene rings is 1. The van der Waals surface area contributed by atoms with Crippen LogP contribution in [0.3, 0.4) is 0 Å². The minimum Gasteiger partial charge on any atom is -0.346 e. The van der Waals surface area contributed by atoms with Crippen LogP contribution in [0.2, 0.25) is 0 Å². The minimum absolute atomic E-state index is 0.0865.